The third-order valence-electron chi connectivity index (χ3n) is 6.74. The highest BCUT2D eigenvalue weighted by Gasteiger charge is 2.42. The normalized spacial score (nSPS) is 16.2. The largest absolute Gasteiger partial charge is 1.00 e. The van der Waals surface area contributed by atoms with Gasteiger partial charge in [-0.2, -0.15) is 5.26 Å². The highest BCUT2D eigenvalue weighted by molar-refractivity contribution is 5.85. The van der Waals surface area contributed by atoms with E-state index in [0.717, 1.165) is 54.5 Å². The molecule has 1 unspecified atom stereocenters. The number of carbonyl (C=O) groups is 1. The van der Waals surface area contributed by atoms with Gasteiger partial charge in [0.1, 0.15) is 12.6 Å². The first-order valence-electron chi connectivity index (χ1n) is 10.9. The summed E-state index contributed by atoms with van der Waals surface area (Å²) in [6.45, 7) is 9.18. The number of piperidine rings is 1. The first kappa shape index (κ1) is 24.3. The minimum Gasteiger partial charge on any atom is -1.00 e. The van der Waals surface area contributed by atoms with Crippen molar-refractivity contribution in [3.05, 3.63) is 70.3 Å². The van der Waals surface area contributed by atoms with Crippen LogP contribution in [0.1, 0.15) is 60.4 Å². The first-order valence-corrected chi connectivity index (χ1v) is 10.9. The lowest BCUT2D eigenvalue weighted by molar-refractivity contribution is -0.959. The number of hydrogen-bond donors (Lipinski definition) is 0. The van der Waals surface area contributed by atoms with Gasteiger partial charge in [0.25, 0.3) is 0 Å². The highest BCUT2D eigenvalue weighted by atomic mass is 79.9. The van der Waals surface area contributed by atoms with Crippen LogP contribution in [-0.4, -0.2) is 29.4 Å². The van der Waals surface area contributed by atoms with E-state index < -0.39 is 0 Å². The van der Waals surface area contributed by atoms with Gasteiger partial charge in [0.15, 0.2) is 5.78 Å². The molecule has 0 spiro atoms. The number of nitrogens with zero attached hydrogens (tertiary/aromatic N) is 2. The average molecular weight is 469 g/mol. The SMILES string of the molecule is CCC(C(=O)Cc1c(C)cccc1C)[N+]1(Cc2ccccc2C#N)CCCCC1.[Br-]. The molecule has 0 N–H and O–H groups in total. The molecule has 1 aliphatic heterocycles. The summed E-state index contributed by atoms with van der Waals surface area (Å²) in [5.74, 6) is 0.348. The number of aryl methyl sites for hydroxylation is 2. The van der Waals surface area contributed by atoms with E-state index in [1.165, 1.54) is 23.1 Å². The van der Waals surface area contributed by atoms with Crippen molar-refractivity contribution in [3.63, 3.8) is 0 Å². The Kier molecular flexibility index (Phi) is 8.82. The molecule has 30 heavy (non-hydrogen) atoms. The highest BCUT2D eigenvalue weighted by Crippen LogP contribution is 2.31. The van der Waals surface area contributed by atoms with Crippen molar-refractivity contribution in [2.45, 2.75) is 65.5 Å². The Hall–Kier alpha value is -1.96. The topological polar surface area (TPSA) is 40.9 Å². The van der Waals surface area contributed by atoms with E-state index in [1.54, 1.807) is 0 Å². The van der Waals surface area contributed by atoms with Crippen LogP contribution in [-0.2, 0) is 17.8 Å². The molecule has 1 saturated heterocycles. The Morgan fingerprint density at radius 2 is 1.67 bits per heavy atom. The standard InChI is InChI=1S/C26H33N2O.BrH/c1-4-25(26(29)17-24-20(2)11-10-12-21(24)3)28(15-8-5-9-16-28)19-23-14-7-6-13-22(23)18-27;/h6-7,10-14,25H,4-5,8-9,15-17,19H2,1-3H3;1H/q+1;/p-1. The summed E-state index contributed by atoms with van der Waals surface area (Å²) in [6.07, 6.45) is 4.90. The van der Waals surface area contributed by atoms with Crippen LogP contribution < -0.4 is 17.0 Å². The number of Topliss-reactive ketones (excluding diaryl/α,β-unsaturated/α-hetero) is 1. The fourth-order valence-electron chi connectivity index (χ4n) is 5.17. The van der Waals surface area contributed by atoms with Crippen LogP contribution in [0.25, 0.3) is 0 Å². The van der Waals surface area contributed by atoms with Gasteiger partial charge in [0.05, 0.1) is 24.7 Å². The van der Waals surface area contributed by atoms with Crippen molar-refractivity contribution < 1.29 is 26.3 Å². The molecule has 1 fully saturated rings. The number of benzene rings is 2. The third kappa shape index (κ3) is 5.20. The van der Waals surface area contributed by atoms with E-state index in [-0.39, 0.29) is 23.0 Å². The average Bonchev–Trinajstić information content (AvgIpc) is 2.72. The molecule has 0 aliphatic carbocycles. The molecule has 3 rings (SSSR count). The summed E-state index contributed by atoms with van der Waals surface area (Å²) in [5, 5.41) is 9.57. The maximum Gasteiger partial charge on any atom is 0.194 e. The van der Waals surface area contributed by atoms with Gasteiger partial charge in [-0.3, -0.25) is 4.79 Å². The second kappa shape index (κ2) is 10.9. The molecule has 0 aromatic heterocycles. The Labute approximate surface area is 192 Å². The van der Waals surface area contributed by atoms with Crippen molar-refractivity contribution in [3.8, 4) is 6.07 Å². The Morgan fingerprint density at radius 3 is 2.27 bits per heavy atom. The quantitative estimate of drug-likeness (QED) is 0.584. The second-order valence-corrected chi connectivity index (χ2v) is 8.59. The lowest BCUT2D eigenvalue weighted by Gasteiger charge is -2.46. The summed E-state index contributed by atoms with van der Waals surface area (Å²) >= 11 is 0. The molecule has 160 valence electrons. The van der Waals surface area contributed by atoms with Crippen molar-refractivity contribution in [2.75, 3.05) is 13.1 Å². The van der Waals surface area contributed by atoms with Crippen LogP contribution in [0.15, 0.2) is 42.5 Å². The zero-order chi connectivity index (χ0) is 20.9. The maximum absolute atomic E-state index is 13.6. The molecule has 1 aliphatic rings. The summed E-state index contributed by atoms with van der Waals surface area (Å²) in [4.78, 5) is 13.6. The fourth-order valence-corrected chi connectivity index (χ4v) is 5.17. The summed E-state index contributed by atoms with van der Waals surface area (Å²) in [5.41, 5.74) is 5.41. The van der Waals surface area contributed by atoms with Gasteiger partial charge < -0.3 is 21.5 Å². The molecular formula is C26H33BrN2O. The van der Waals surface area contributed by atoms with Crippen molar-refractivity contribution in [2.24, 2.45) is 0 Å². The Bertz CT molecular complexity index is 889. The number of carbonyl (C=O) groups excluding carboxylic acids is 1. The predicted molar refractivity (Wildman–Crippen MR) is 117 cm³/mol. The number of ketones is 1. The van der Waals surface area contributed by atoms with E-state index >= 15 is 0 Å². The van der Waals surface area contributed by atoms with Gasteiger partial charge in [-0.15, -0.1) is 0 Å². The maximum atomic E-state index is 13.6. The molecule has 2 aromatic rings. The summed E-state index contributed by atoms with van der Waals surface area (Å²) < 4.78 is 0.805. The molecule has 1 heterocycles. The van der Waals surface area contributed by atoms with Crippen LogP contribution in [0.3, 0.4) is 0 Å². The lowest BCUT2D eigenvalue weighted by atomic mass is 9.90. The predicted octanol–water partition coefficient (Wildman–Crippen LogP) is 2.27. The smallest absolute Gasteiger partial charge is 0.194 e. The van der Waals surface area contributed by atoms with Gasteiger partial charge >= 0.3 is 0 Å². The van der Waals surface area contributed by atoms with Gasteiger partial charge in [0, 0.05) is 18.4 Å². The zero-order valence-electron chi connectivity index (χ0n) is 18.5. The van der Waals surface area contributed by atoms with Crippen LogP contribution >= 0.6 is 0 Å². The number of quaternary nitrogens is 1. The zero-order valence-corrected chi connectivity index (χ0v) is 20.0. The van der Waals surface area contributed by atoms with Crippen LogP contribution in [0.2, 0.25) is 0 Å². The van der Waals surface area contributed by atoms with Crippen LogP contribution in [0.4, 0.5) is 0 Å². The van der Waals surface area contributed by atoms with Gasteiger partial charge in [0.2, 0.25) is 0 Å². The molecule has 3 nitrogen and oxygen atoms in total. The molecular weight excluding hydrogens is 436 g/mol. The molecule has 4 heteroatoms. The molecule has 0 saturated carbocycles. The fraction of sp³-hybridized carbons (Fsp3) is 0.462. The number of hydrogen-bond acceptors (Lipinski definition) is 2. The number of rotatable bonds is 7. The molecule has 0 radical (unpaired) electrons. The van der Waals surface area contributed by atoms with Crippen LogP contribution in [0, 0.1) is 25.2 Å². The number of nitriles is 1. The molecule has 0 bridgehead atoms. The molecule has 0 amide bonds. The van der Waals surface area contributed by atoms with Crippen LogP contribution in [0.5, 0.6) is 0 Å². The Morgan fingerprint density at radius 1 is 1.03 bits per heavy atom. The van der Waals surface area contributed by atoms with Gasteiger partial charge in [-0.05, 0) is 55.9 Å². The number of halogens is 1. The van der Waals surface area contributed by atoms with Crippen molar-refractivity contribution in [1.82, 2.24) is 0 Å². The van der Waals surface area contributed by atoms with E-state index in [1.807, 2.05) is 18.2 Å². The minimum absolute atomic E-state index is 0. The first-order chi connectivity index (χ1) is 14.0. The molecule has 1 atom stereocenters. The number of likely N-dealkylation sites (tertiary alicyclic amines) is 1. The van der Waals surface area contributed by atoms with E-state index in [2.05, 4.69) is 51.1 Å². The lowest BCUT2D eigenvalue weighted by Crippen LogP contribution is -3.00. The Balaban J connectivity index is 0.00000320. The van der Waals surface area contributed by atoms with E-state index in [4.69, 9.17) is 0 Å². The van der Waals surface area contributed by atoms with Crippen molar-refractivity contribution in [1.29, 1.82) is 5.26 Å². The summed E-state index contributed by atoms with van der Waals surface area (Å²) in [6, 6.07) is 16.5. The van der Waals surface area contributed by atoms with E-state index in [0.29, 0.717) is 12.2 Å². The van der Waals surface area contributed by atoms with E-state index in [9.17, 15) is 10.1 Å². The second-order valence-electron chi connectivity index (χ2n) is 8.59. The minimum atomic E-state index is -0.0129. The van der Waals surface area contributed by atoms with Crippen molar-refractivity contribution >= 4 is 5.78 Å². The molecule has 2 aromatic carbocycles. The van der Waals surface area contributed by atoms with Gasteiger partial charge in [-0.25, -0.2) is 0 Å². The monoisotopic (exact) mass is 468 g/mol. The van der Waals surface area contributed by atoms with Gasteiger partial charge in [-0.1, -0.05) is 43.3 Å². The third-order valence-corrected chi connectivity index (χ3v) is 6.74. The summed E-state index contributed by atoms with van der Waals surface area (Å²) in [7, 11) is 0.